The Balaban J connectivity index is 2.96. The standard InChI is InChI=1S/C17H25NO3/c1-3-5-7-13-17(19)15(10-6-4-2)14-11-8-9-12-16(14)18(20)21/h8-9,11-12,15H,3-7,10,13H2,1-2H3. The van der Waals surface area contributed by atoms with Crippen LogP contribution in [-0.4, -0.2) is 10.7 Å². The first-order valence-electron chi connectivity index (χ1n) is 7.87. The van der Waals surface area contributed by atoms with Gasteiger partial charge in [-0.05, 0) is 12.8 Å². The lowest BCUT2D eigenvalue weighted by molar-refractivity contribution is -0.385. The molecule has 116 valence electrons. The predicted molar refractivity (Wildman–Crippen MR) is 84.5 cm³/mol. The number of carbonyl (C=O) groups excluding carboxylic acids is 1. The fourth-order valence-corrected chi connectivity index (χ4v) is 2.57. The van der Waals surface area contributed by atoms with Crippen molar-refractivity contribution >= 4 is 11.5 Å². The van der Waals surface area contributed by atoms with Crippen molar-refractivity contribution in [1.82, 2.24) is 0 Å². The molecule has 21 heavy (non-hydrogen) atoms. The molecule has 4 nitrogen and oxygen atoms in total. The highest BCUT2D eigenvalue weighted by Gasteiger charge is 2.26. The van der Waals surface area contributed by atoms with Crippen LogP contribution in [0.25, 0.3) is 0 Å². The molecule has 1 aromatic rings. The fourth-order valence-electron chi connectivity index (χ4n) is 2.57. The normalized spacial score (nSPS) is 12.1. The van der Waals surface area contributed by atoms with Gasteiger partial charge in [0.2, 0.25) is 0 Å². The Hall–Kier alpha value is -1.71. The van der Waals surface area contributed by atoms with Crippen molar-refractivity contribution in [3.8, 4) is 0 Å². The zero-order valence-electron chi connectivity index (χ0n) is 13.0. The molecule has 0 bridgehead atoms. The Morgan fingerprint density at radius 2 is 1.81 bits per heavy atom. The summed E-state index contributed by atoms with van der Waals surface area (Å²) in [5.41, 5.74) is 0.653. The molecule has 1 atom stereocenters. The molecule has 0 saturated heterocycles. The summed E-state index contributed by atoms with van der Waals surface area (Å²) < 4.78 is 0. The summed E-state index contributed by atoms with van der Waals surface area (Å²) in [4.78, 5) is 23.3. The van der Waals surface area contributed by atoms with E-state index >= 15 is 0 Å². The number of ketones is 1. The van der Waals surface area contributed by atoms with E-state index in [9.17, 15) is 14.9 Å². The molecule has 0 saturated carbocycles. The number of hydrogen-bond donors (Lipinski definition) is 0. The van der Waals surface area contributed by atoms with Gasteiger partial charge in [0.15, 0.2) is 0 Å². The largest absolute Gasteiger partial charge is 0.299 e. The number of hydrogen-bond acceptors (Lipinski definition) is 3. The van der Waals surface area contributed by atoms with E-state index in [0.29, 0.717) is 18.4 Å². The second-order valence-electron chi connectivity index (χ2n) is 5.43. The van der Waals surface area contributed by atoms with Gasteiger partial charge in [-0.3, -0.25) is 14.9 Å². The molecule has 1 aromatic carbocycles. The number of unbranched alkanes of at least 4 members (excludes halogenated alkanes) is 3. The van der Waals surface area contributed by atoms with Gasteiger partial charge < -0.3 is 0 Å². The molecule has 0 spiro atoms. The smallest absolute Gasteiger partial charge is 0.273 e. The van der Waals surface area contributed by atoms with Crippen LogP contribution in [-0.2, 0) is 4.79 Å². The van der Waals surface area contributed by atoms with Gasteiger partial charge in [0.05, 0.1) is 4.92 Å². The van der Waals surface area contributed by atoms with Gasteiger partial charge in [0.25, 0.3) is 5.69 Å². The maximum Gasteiger partial charge on any atom is 0.273 e. The molecule has 0 fully saturated rings. The van der Waals surface area contributed by atoms with Gasteiger partial charge >= 0.3 is 0 Å². The zero-order chi connectivity index (χ0) is 15.7. The first-order valence-corrected chi connectivity index (χ1v) is 7.87. The van der Waals surface area contributed by atoms with Crippen molar-refractivity contribution in [2.75, 3.05) is 0 Å². The van der Waals surface area contributed by atoms with Crippen LogP contribution in [0.1, 0.15) is 70.3 Å². The van der Waals surface area contributed by atoms with Crippen molar-refractivity contribution < 1.29 is 9.72 Å². The number of para-hydroxylation sites is 1. The minimum absolute atomic E-state index is 0.0717. The van der Waals surface area contributed by atoms with Gasteiger partial charge in [-0.1, -0.05) is 57.7 Å². The Bertz CT molecular complexity index is 471. The summed E-state index contributed by atoms with van der Waals surface area (Å²) in [6.07, 6.45) is 6.09. The number of nitro groups is 1. The minimum atomic E-state index is -0.381. The van der Waals surface area contributed by atoms with Crippen molar-refractivity contribution in [2.24, 2.45) is 0 Å². The van der Waals surface area contributed by atoms with E-state index in [1.165, 1.54) is 6.07 Å². The summed E-state index contributed by atoms with van der Waals surface area (Å²) in [6, 6.07) is 6.66. The molecular weight excluding hydrogens is 266 g/mol. The van der Waals surface area contributed by atoms with Crippen molar-refractivity contribution in [3.63, 3.8) is 0 Å². The first kappa shape index (κ1) is 17.3. The second-order valence-corrected chi connectivity index (χ2v) is 5.43. The molecule has 0 heterocycles. The summed E-state index contributed by atoms with van der Waals surface area (Å²) in [6.45, 7) is 4.17. The summed E-state index contributed by atoms with van der Waals surface area (Å²) >= 11 is 0. The van der Waals surface area contributed by atoms with Crippen LogP contribution >= 0.6 is 0 Å². The van der Waals surface area contributed by atoms with Gasteiger partial charge in [0.1, 0.15) is 5.78 Å². The number of nitrogens with zero attached hydrogens (tertiary/aromatic N) is 1. The van der Waals surface area contributed by atoms with Crippen molar-refractivity contribution in [1.29, 1.82) is 0 Å². The Labute approximate surface area is 126 Å². The predicted octanol–water partition coefficient (Wildman–Crippen LogP) is 5.02. The number of carbonyl (C=O) groups is 1. The molecule has 1 rings (SSSR count). The van der Waals surface area contributed by atoms with Crippen LogP contribution in [0.5, 0.6) is 0 Å². The summed E-state index contributed by atoms with van der Waals surface area (Å²) in [7, 11) is 0. The van der Waals surface area contributed by atoms with Crippen molar-refractivity contribution in [2.45, 2.75) is 64.7 Å². The lowest BCUT2D eigenvalue weighted by atomic mass is 9.86. The van der Waals surface area contributed by atoms with Crippen molar-refractivity contribution in [3.05, 3.63) is 39.9 Å². The second kappa shape index (κ2) is 9.27. The Morgan fingerprint density at radius 3 is 2.43 bits per heavy atom. The average molecular weight is 291 g/mol. The lowest BCUT2D eigenvalue weighted by Gasteiger charge is -2.16. The minimum Gasteiger partial charge on any atom is -0.299 e. The third-order valence-electron chi connectivity index (χ3n) is 3.77. The van der Waals surface area contributed by atoms with Gasteiger partial charge in [-0.15, -0.1) is 0 Å². The molecule has 0 aliphatic heterocycles. The quantitative estimate of drug-likeness (QED) is 0.345. The molecule has 0 aromatic heterocycles. The maximum absolute atomic E-state index is 12.5. The Kier molecular flexibility index (Phi) is 7.65. The highest BCUT2D eigenvalue weighted by atomic mass is 16.6. The maximum atomic E-state index is 12.5. The summed E-state index contributed by atoms with van der Waals surface area (Å²) in [5.74, 6) is -0.186. The SMILES string of the molecule is CCCCCC(=O)C(CCCC)c1ccccc1[N+](=O)[O-]. The molecule has 0 aliphatic rings. The topological polar surface area (TPSA) is 60.2 Å². The molecule has 4 heteroatoms. The first-order chi connectivity index (χ1) is 10.1. The van der Waals surface area contributed by atoms with E-state index in [-0.39, 0.29) is 22.3 Å². The fraction of sp³-hybridized carbons (Fsp3) is 0.588. The van der Waals surface area contributed by atoms with Gasteiger partial charge in [-0.25, -0.2) is 0 Å². The zero-order valence-corrected chi connectivity index (χ0v) is 13.0. The third-order valence-corrected chi connectivity index (χ3v) is 3.77. The van der Waals surface area contributed by atoms with Crippen LogP contribution in [0.3, 0.4) is 0 Å². The molecular formula is C17H25NO3. The van der Waals surface area contributed by atoms with E-state index < -0.39 is 0 Å². The van der Waals surface area contributed by atoms with E-state index in [4.69, 9.17) is 0 Å². The van der Waals surface area contributed by atoms with Crippen LogP contribution in [0.4, 0.5) is 5.69 Å². The van der Waals surface area contributed by atoms with Gasteiger partial charge in [0, 0.05) is 24.0 Å². The molecule has 0 aliphatic carbocycles. The number of rotatable bonds is 10. The third kappa shape index (κ3) is 5.29. The van der Waals surface area contributed by atoms with E-state index in [0.717, 1.165) is 32.1 Å². The number of nitro benzene ring substituents is 1. The van der Waals surface area contributed by atoms with Crippen LogP contribution in [0.2, 0.25) is 0 Å². The van der Waals surface area contributed by atoms with Crippen LogP contribution in [0, 0.1) is 10.1 Å². The van der Waals surface area contributed by atoms with Gasteiger partial charge in [-0.2, -0.15) is 0 Å². The number of benzene rings is 1. The molecule has 1 unspecified atom stereocenters. The van der Waals surface area contributed by atoms with Crippen LogP contribution < -0.4 is 0 Å². The molecule has 0 N–H and O–H groups in total. The highest BCUT2D eigenvalue weighted by molar-refractivity contribution is 5.86. The lowest BCUT2D eigenvalue weighted by Crippen LogP contribution is -2.14. The number of Topliss-reactive ketones (excluding diaryl/α,β-unsaturated/α-hetero) is 1. The van der Waals surface area contributed by atoms with E-state index in [2.05, 4.69) is 13.8 Å². The van der Waals surface area contributed by atoms with E-state index in [1.807, 2.05) is 0 Å². The monoisotopic (exact) mass is 291 g/mol. The summed E-state index contributed by atoms with van der Waals surface area (Å²) in [5, 5.41) is 11.2. The highest BCUT2D eigenvalue weighted by Crippen LogP contribution is 2.32. The molecule has 0 amide bonds. The Morgan fingerprint density at radius 1 is 1.14 bits per heavy atom. The molecule has 0 radical (unpaired) electrons. The van der Waals surface area contributed by atoms with Crippen LogP contribution in [0.15, 0.2) is 24.3 Å². The van der Waals surface area contributed by atoms with E-state index in [1.54, 1.807) is 18.2 Å². The average Bonchev–Trinajstić information content (AvgIpc) is 2.48.